The summed E-state index contributed by atoms with van der Waals surface area (Å²) in [7, 11) is 1.81. The minimum Gasteiger partial charge on any atom is -0.355 e. The zero-order chi connectivity index (χ0) is 22.0. The number of anilines is 1. The molecule has 3 heterocycles. The number of thioether (sulfide) groups is 1. The van der Waals surface area contributed by atoms with Crippen LogP contribution < -0.4 is 11.0 Å². The van der Waals surface area contributed by atoms with Gasteiger partial charge in [-0.3, -0.25) is 25.1 Å². The van der Waals surface area contributed by atoms with Gasteiger partial charge in [0.05, 0.1) is 17.1 Å². The summed E-state index contributed by atoms with van der Waals surface area (Å²) >= 11 is 1.10. The summed E-state index contributed by atoms with van der Waals surface area (Å²) in [5.41, 5.74) is 4.72. The van der Waals surface area contributed by atoms with Gasteiger partial charge >= 0.3 is 0 Å². The lowest BCUT2D eigenvalue weighted by molar-refractivity contribution is -0.115. The van der Waals surface area contributed by atoms with E-state index in [1.54, 1.807) is 9.36 Å². The van der Waals surface area contributed by atoms with Crippen LogP contribution in [0.4, 0.5) is 5.69 Å². The number of piperidine rings is 1. The Balaban J connectivity index is 1.72. The van der Waals surface area contributed by atoms with Crippen LogP contribution >= 0.6 is 11.8 Å². The number of nitrogens with zero attached hydrogens (tertiary/aromatic N) is 5. The van der Waals surface area contributed by atoms with Crippen molar-refractivity contribution in [2.45, 2.75) is 26.2 Å². The Morgan fingerprint density at radius 2 is 1.84 bits per heavy atom. The van der Waals surface area contributed by atoms with Gasteiger partial charge in [-0.2, -0.15) is 10.1 Å². The fourth-order valence-corrected chi connectivity index (χ4v) is 4.35. The van der Waals surface area contributed by atoms with Gasteiger partial charge in [-0.15, -0.1) is 0 Å². The van der Waals surface area contributed by atoms with Gasteiger partial charge < -0.3 is 4.90 Å². The van der Waals surface area contributed by atoms with Crippen molar-refractivity contribution in [2.75, 3.05) is 24.3 Å². The van der Waals surface area contributed by atoms with E-state index in [0.717, 1.165) is 49.8 Å². The quantitative estimate of drug-likeness (QED) is 0.714. The van der Waals surface area contributed by atoms with Crippen LogP contribution in [0.3, 0.4) is 0 Å². The summed E-state index contributed by atoms with van der Waals surface area (Å²) in [5, 5.41) is 13.0. The number of aromatic nitrogens is 2. The van der Waals surface area contributed by atoms with Crippen LogP contribution in [0.2, 0.25) is 0 Å². The molecule has 0 bridgehead atoms. The lowest BCUT2D eigenvalue weighted by Crippen LogP contribution is -2.42. The first-order valence-corrected chi connectivity index (χ1v) is 11.2. The van der Waals surface area contributed by atoms with Crippen molar-refractivity contribution in [2.24, 2.45) is 17.1 Å². The van der Waals surface area contributed by atoms with Crippen LogP contribution in [0, 0.1) is 12.3 Å². The number of para-hydroxylation sites is 1. The van der Waals surface area contributed by atoms with E-state index >= 15 is 0 Å². The third kappa shape index (κ3) is 4.20. The van der Waals surface area contributed by atoms with Gasteiger partial charge in [0.25, 0.3) is 11.5 Å². The van der Waals surface area contributed by atoms with Crippen molar-refractivity contribution in [3.05, 3.63) is 46.4 Å². The number of rotatable bonds is 3. The van der Waals surface area contributed by atoms with E-state index in [1.807, 2.05) is 49.2 Å². The van der Waals surface area contributed by atoms with Crippen molar-refractivity contribution in [3.8, 4) is 5.69 Å². The Kier molecular flexibility index (Phi) is 6.08. The molecular formula is C21H25N7O2S. The third-order valence-corrected chi connectivity index (χ3v) is 6.36. The Labute approximate surface area is 184 Å². The normalized spacial score (nSPS) is 18.8. The maximum Gasteiger partial charge on any atom is 0.296 e. The summed E-state index contributed by atoms with van der Waals surface area (Å²) in [6.07, 6.45) is 3.15. The molecular weight excluding hydrogens is 414 g/mol. The number of hydrogen-bond acceptors (Lipinski definition) is 7. The van der Waals surface area contributed by atoms with Gasteiger partial charge in [-0.05, 0) is 38.3 Å². The zero-order valence-electron chi connectivity index (χ0n) is 17.6. The van der Waals surface area contributed by atoms with Crippen LogP contribution in [0.1, 0.15) is 25.0 Å². The number of benzene rings is 1. The number of amidine groups is 1. The lowest BCUT2D eigenvalue weighted by Gasteiger charge is -2.29. The van der Waals surface area contributed by atoms with Crippen molar-refractivity contribution >= 4 is 39.9 Å². The summed E-state index contributed by atoms with van der Waals surface area (Å²) < 4.78 is 3.32. The molecule has 4 rings (SSSR count). The molecule has 0 atom stereocenters. The number of hydrogen-bond donors (Lipinski definition) is 2. The fraction of sp³-hybridized carbons (Fsp3) is 0.381. The highest BCUT2D eigenvalue weighted by molar-refractivity contribution is 8.16. The molecule has 2 aliphatic rings. The van der Waals surface area contributed by atoms with E-state index in [4.69, 9.17) is 5.41 Å². The van der Waals surface area contributed by atoms with Gasteiger partial charge in [-0.25, -0.2) is 4.68 Å². The SMILES string of the molecule is Cc1c(N/N=C2/C(=N)SCC(=O)N=C2N2CCCCC2)c(=O)n(-c2ccccc2)n1C. The highest BCUT2D eigenvalue weighted by Crippen LogP contribution is 2.18. The lowest BCUT2D eigenvalue weighted by atomic mass is 10.1. The van der Waals surface area contributed by atoms with Gasteiger partial charge in [-0.1, -0.05) is 30.0 Å². The molecule has 0 unspecified atom stereocenters. The smallest absolute Gasteiger partial charge is 0.296 e. The number of aliphatic imine (C=N–C) groups is 1. The molecule has 9 nitrogen and oxygen atoms in total. The van der Waals surface area contributed by atoms with Crippen molar-refractivity contribution < 1.29 is 4.79 Å². The van der Waals surface area contributed by atoms with Crippen molar-refractivity contribution in [3.63, 3.8) is 0 Å². The molecule has 2 N–H and O–H groups in total. The van der Waals surface area contributed by atoms with E-state index in [0.29, 0.717) is 22.9 Å². The summed E-state index contributed by atoms with van der Waals surface area (Å²) in [6, 6.07) is 9.37. The molecule has 0 radical (unpaired) electrons. The predicted octanol–water partition coefficient (Wildman–Crippen LogP) is 2.39. The van der Waals surface area contributed by atoms with Gasteiger partial charge in [0, 0.05) is 20.1 Å². The number of hydrazone groups is 1. The molecule has 0 aliphatic carbocycles. The second-order valence-corrected chi connectivity index (χ2v) is 8.49. The van der Waals surface area contributed by atoms with Crippen LogP contribution in [-0.2, 0) is 11.8 Å². The fourth-order valence-electron chi connectivity index (χ4n) is 3.74. The van der Waals surface area contributed by atoms with Crippen LogP contribution in [0.15, 0.2) is 45.2 Å². The Bertz CT molecular complexity index is 1120. The van der Waals surface area contributed by atoms with E-state index in [1.165, 1.54) is 0 Å². The maximum absolute atomic E-state index is 13.1. The van der Waals surface area contributed by atoms with Crippen LogP contribution in [-0.4, -0.2) is 55.6 Å². The first kappa shape index (κ1) is 21.1. The molecule has 2 aliphatic heterocycles. The Hall–Kier alpha value is -3.14. The highest BCUT2D eigenvalue weighted by Gasteiger charge is 2.28. The number of nitrogens with one attached hydrogen (secondary N) is 2. The average Bonchev–Trinajstić information content (AvgIpc) is 2.90. The number of carbonyl (C=O) groups is 1. The number of carbonyl (C=O) groups excluding carboxylic acids is 1. The molecule has 0 spiro atoms. The minimum absolute atomic E-state index is 0.111. The Morgan fingerprint density at radius 1 is 1.13 bits per heavy atom. The average molecular weight is 440 g/mol. The molecule has 0 saturated carbocycles. The van der Waals surface area contributed by atoms with Crippen molar-refractivity contribution in [1.82, 2.24) is 14.3 Å². The van der Waals surface area contributed by atoms with Gasteiger partial charge in [0.2, 0.25) is 0 Å². The topological polar surface area (TPSA) is 108 Å². The van der Waals surface area contributed by atoms with Crippen molar-refractivity contribution in [1.29, 1.82) is 5.41 Å². The highest BCUT2D eigenvalue weighted by atomic mass is 32.2. The van der Waals surface area contributed by atoms with Crippen LogP contribution in [0.5, 0.6) is 0 Å². The molecule has 1 amide bonds. The third-order valence-electron chi connectivity index (χ3n) is 5.49. The zero-order valence-corrected chi connectivity index (χ0v) is 18.4. The van der Waals surface area contributed by atoms with E-state index in [9.17, 15) is 9.59 Å². The number of likely N-dealkylation sites (tertiary alicyclic amines) is 1. The molecule has 1 aromatic heterocycles. The van der Waals surface area contributed by atoms with Gasteiger partial charge in [0.1, 0.15) is 10.7 Å². The monoisotopic (exact) mass is 439 g/mol. The summed E-state index contributed by atoms with van der Waals surface area (Å²) in [4.78, 5) is 31.5. The molecule has 2 aromatic rings. The second-order valence-electron chi connectivity index (χ2n) is 7.50. The largest absolute Gasteiger partial charge is 0.355 e. The molecule has 1 fully saturated rings. The molecule has 1 saturated heterocycles. The van der Waals surface area contributed by atoms with E-state index in [-0.39, 0.29) is 22.3 Å². The number of amides is 1. The molecule has 10 heteroatoms. The van der Waals surface area contributed by atoms with Crippen LogP contribution in [0.25, 0.3) is 5.69 Å². The minimum atomic E-state index is -0.275. The van der Waals surface area contributed by atoms with E-state index in [2.05, 4.69) is 15.5 Å². The summed E-state index contributed by atoms with van der Waals surface area (Å²) in [5.74, 6) is 0.257. The second kappa shape index (κ2) is 8.93. The first-order valence-electron chi connectivity index (χ1n) is 10.2. The molecule has 31 heavy (non-hydrogen) atoms. The standard InChI is InChI=1S/C21H25N7O2S/c1-14-17(21(30)28(26(14)2)15-9-5-3-6-10-15)24-25-18-19(22)31-13-16(29)23-20(18)27-11-7-4-8-12-27/h3,5-6,9-10,22,24H,4,7-8,11-13H2,1-2H3/b22-19?,25-18-. The Morgan fingerprint density at radius 3 is 2.55 bits per heavy atom. The molecule has 1 aromatic carbocycles. The maximum atomic E-state index is 13.1. The summed E-state index contributed by atoms with van der Waals surface area (Å²) in [6.45, 7) is 3.38. The van der Waals surface area contributed by atoms with Gasteiger partial charge in [0.15, 0.2) is 11.5 Å². The van der Waals surface area contributed by atoms with E-state index < -0.39 is 0 Å². The molecule has 162 valence electrons. The first-order chi connectivity index (χ1) is 15.0. The predicted molar refractivity (Wildman–Crippen MR) is 125 cm³/mol.